The molecule has 0 saturated carbocycles. The fourth-order valence-electron chi connectivity index (χ4n) is 1.70. The van der Waals surface area contributed by atoms with Crippen LogP contribution in [-0.4, -0.2) is 11.8 Å². The van der Waals surface area contributed by atoms with E-state index in [1.54, 1.807) is 18.2 Å². The third-order valence-electron chi connectivity index (χ3n) is 2.68. The van der Waals surface area contributed by atoms with E-state index in [1.165, 1.54) is 0 Å². The first-order chi connectivity index (χ1) is 9.97. The summed E-state index contributed by atoms with van der Waals surface area (Å²) in [5, 5.41) is 4.26. The Labute approximate surface area is 119 Å². The second kappa shape index (κ2) is 6.13. The Morgan fingerprint density at radius 1 is 0.905 bits per heavy atom. The molecule has 0 aliphatic rings. The van der Waals surface area contributed by atoms with E-state index in [1.807, 2.05) is 18.3 Å². The molecule has 0 aliphatic carbocycles. The normalized spacial score (nSPS) is 10.0. The van der Waals surface area contributed by atoms with E-state index in [-0.39, 0.29) is 0 Å². The number of carbonyl (C=O) groups excluding carboxylic acids is 2. The Kier molecular flexibility index (Phi) is 4.27. The maximum Gasteiger partial charge on any atom is 0.314 e. The minimum absolute atomic E-state index is 0.421. The predicted octanol–water partition coefficient (Wildman–Crippen LogP) is 2.85. The second-order valence-electron chi connectivity index (χ2n) is 4.37. The van der Waals surface area contributed by atoms with Crippen molar-refractivity contribution in [3.63, 3.8) is 0 Å². The molecule has 0 radical (unpaired) electrons. The highest BCUT2D eigenvalue weighted by Crippen LogP contribution is 2.18. The Bertz CT molecular complexity index is 682. The topological polar surface area (TPSA) is 58.2 Å². The smallest absolute Gasteiger partial charge is 0.314 e. The summed E-state index contributed by atoms with van der Waals surface area (Å²) in [5.41, 5.74) is 0.666. The van der Waals surface area contributed by atoms with Gasteiger partial charge < -0.3 is 10.6 Å². The molecule has 6 heteroatoms. The van der Waals surface area contributed by atoms with Gasteiger partial charge in [0.2, 0.25) is 0 Å². The standard InChI is InChI=1S/C15H12F2N2O2/c1-9-4-2-5-10(8-9)18-14(20)15(21)19-13-11(16)6-3-7-12(13)17/h2-8H,1H3,(H,18,20)(H,19,21). The highest BCUT2D eigenvalue weighted by Gasteiger charge is 2.18. The predicted molar refractivity (Wildman–Crippen MR) is 74.8 cm³/mol. The number of hydrogen-bond donors (Lipinski definition) is 2. The third kappa shape index (κ3) is 3.62. The molecule has 108 valence electrons. The van der Waals surface area contributed by atoms with Crippen molar-refractivity contribution >= 4 is 23.2 Å². The summed E-state index contributed by atoms with van der Waals surface area (Å²) in [4.78, 5) is 23.3. The van der Waals surface area contributed by atoms with Crippen molar-refractivity contribution in [2.75, 3.05) is 10.6 Å². The lowest BCUT2D eigenvalue weighted by Gasteiger charge is -2.08. The molecule has 0 bridgehead atoms. The van der Waals surface area contributed by atoms with Crippen LogP contribution in [-0.2, 0) is 9.59 Å². The SMILES string of the molecule is Cc1cccc(NC(=O)C(=O)Nc2c(F)cccc2F)c1. The first-order valence-electron chi connectivity index (χ1n) is 6.10. The van der Waals surface area contributed by atoms with Gasteiger partial charge in [0.1, 0.15) is 17.3 Å². The lowest BCUT2D eigenvalue weighted by molar-refractivity contribution is -0.133. The van der Waals surface area contributed by atoms with E-state index in [2.05, 4.69) is 5.32 Å². The highest BCUT2D eigenvalue weighted by atomic mass is 19.1. The van der Waals surface area contributed by atoms with Gasteiger partial charge in [-0.1, -0.05) is 18.2 Å². The number of nitrogens with one attached hydrogen (secondary N) is 2. The monoisotopic (exact) mass is 290 g/mol. The molecule has 0 saturated heterocycles. The molecule has 0 heterocycles. The zero-order chi connectivity index (χ0) is 15.4. The summed E-state index contributed by atoms with van der Waals surface area (Å²) in [7, 11) is 0. The van der Waals surface area contributed by atoms with E-state index >= 15 is 0 Å². The zero-order valence-corrected chi connectivity index (χ0v) is 11.1. The Morgan fingerprint density at radius 3 is 2.10 bits per heavy atom. The molecule has 0 unspecified atom stereocenters. The maximum absolute atomic E-state index is 13.4. The van der Waals surface area contributed by atoms with Gasteiger partial charge in [0.05, 0.1) is 0 Å². The van der Waals surface area contributed by atoms with Crippen molar-refractivity contribution in [1.82, 2.24) is 0 Å². The number of anilines is 2. The van der Waals surface area contributed by atoms with E-state index in [0.29, 0.717) is 5.69 Å². The van der Waals surface area contributed by atoms with Crippen LogP contribution in [0.5, 0.6) is 0 Å². The molecule has 2 rings (SSSR count). The molecule has 2 amide bonds. The van der Waals surface area contributed by atoms with E-state index in [4.69, 9.17) is 0 Å². The van der Waals surface area contributed by atoms with E-state index in [9.17, 15) is 18.4 Å². The van der Waals surface area contributed by atoms with Gasteiger partial charge in [-0.25, -0.2) is 8.78 Å². The Morgan fingerprint density at radius 2 is 1.48 bits per heavy atom. The molecule has 4 nitrogen and oxygen atoms in total. The van der Waals surface area contributed by atoms with Crippen LogP contribution in [0.4, 0.5) is 20.2 Å². The summed E-state index contributed by atoms with van der Waals surface area (Å²) in [5.74, 6) is -4.07. The second-order valence-corrected chi connectivity index (χ2v) is 4.37. The van der Waals surface area contributed by atoms with Crippen molar-refractivity contribution in [3.05, 3.63) is 59.7 Å². The lowest BCUT2D eigenvalue weighted by Crippen LogP contribution is -2.29. The number of aryl methyl sites for hydroxylation is 1. The van der Waals surface area contributed by atoms with Crippen LogP contribution in [0.3, 0.4) is 0 Å². The number of benzene rings is 2. The molecule has 0 aromatic heterocycles. The lowest BCUT2D eigenvalue weighted by atomic mass is 10.2. The molecule has 2 N–H and O–H groups in total. The number of hydrogen-bond acceptors (Lipinski definition) is 2. The van der Waals surface area contributed by atoms with Crippen LogP contribution in [0.1, 0.15) is 5.56 Å². The van der Waals surface area contributed by atoms with Crippen LogP contribution < -0.4 is 10.6 Å². The first kappa shape index (κ1) is 14.6. The van der Waals surface area contributed by atoms with Gasteiger partial charge in [-0.15, -0.1) is 0 Å². The Hall–Kier alpha value is -2.76. The van der Waals surface area contributed by atoms with Crippen molar-refractivity contribution < 1.29 is 18.4 Å². The van der Waals surface area contributed by atoms with Gasteiger partial charge >= 0.3 is 11.8 Å². The first-order valence-corrected chi connectivity index (χ1v) is 6.10. The molecular weight excluding hydrogens is 278 g/mol. The summed E-state index contributed by atoms with van der Waals surface area (Å²) >= 11 is 0. The number of carbonyl (C=O) groups is 2. The number of para-hydroxylation sites is 1. The third-order valence-corrected chi connectivity index (χ3v) is 2.68. The largest absolute Gasteiger partial charge is 0.318 e. The fraction of sp³-hybridized carbons (Fsp3) is 0.0667. The van der Waals surface area contributed by atoms with Crippen molar-refractivity contribution in [1.29, 1.82) is 0 Å². The zero-order valence-electron chi connectivity index (χ0n) is 11.1. The number of amides is 2. The van der Waals surface area contributed by atoms with Crippen LogP contribution >= 0.6 is 0 Å². The molecular formula is C15H12F2N2O2. The maximum atomic E-state index is 13.4. The number of halogens is 2. The number of rotatable bonds is 2. The highest BCUT2D eigenvalue weighted by molar-refractivity contribution is 6.43. The average molecular weight is 290 g/mol. The van der Waals surface area contributed by atoms with Gasteiger partial charge in [0, 0.05) is 5.69 Å². The van der Waals surface area contributed by atoms with Crippen molar-refractivity contribution in [2.24, 2.45) is 0 Å². The molecule has 2 aromatic rings. The van der Waals surface area contributed by atoms with Crippen molar-refractivity contribution in [3.8, 4) is 0 Å². The van der Waals surface area contributed by atoms with E-state index in [0.717, 1.165) is 23.8 Å². The summed E-state index contributed by atoms with van der Waals surface area (Å²) in [6, 6.07) is 9.92. The van der Waals surface area contributed by atoms with Crippen molar-refractivity contribution in [2.45, 2.75) is 6.92 Å². The minimum Gasteiger partial charge on any atom is -0.318 e. The van der Waals surface area contributed by atoms with Crippen LogP contribution in [0.2, 0.25) is 0 Å². The van der Waals surface area contributed by atoms with E-state index < -0.39 is 29.1 Å². The minimum atomic E-state index is -1.15. The van der Waals surface area contributed by atoms with Gasteiger partial charge in [0.15, 0.2) is 0 Å². The molecule has 21 heavy (non-hydrogen) atoms. The molecule has 0 aliphatic heterocycles. The summed E-state index contributed by atoms with van der Waals surface area (Å²) < 4.78 is 26.7. The summed E-state index contributed by atoms with van der Waals surface area (Å²) in [6.07, 6.45) is 0. The van der Waals surface area contributed by atoms with Crippen LogP contribution in [0.15, 0.2) is 42.5 Å². The van der Waals surface area contributed by atoms with Gasteiger partial charge in [-0.3, -0.25) is 9.59 Å². The molecule has 0 spiro atoms. The molecule has 0 fully saturated rings. The molecule has 2 aromatic carbocycles. The molecule has 0 atom stereocenters. The van der Waals surface area contributed by atoms with Gasteiger partial charge in [-0.05, 0) is 36.8 Å². The average Bonchev–Trinajstić information content (AvgIpc) is 2.43. The summed E-state index contributed by atoms with van der Waals surface area (Å²) in [6.45, 7) is 1.82. The quantitative estimate of drug-likeness (QED) is 0.836. The van der Waals surface area contributed by atoms with Gasteiger partial charge in [-0.2, -0.15) is 0 Å². The fourth-order valence-corrected chi connectivity index (χ4v) is 1.70. The van der Waals surface area contributed by atoms with Gasteiger partial charge in [0.25, 0.3) is 0 Å². The van der Waals surface area contributed by atoms with Crippen LogP contribution in [0, 0.1) is 18.6 Å². The van der Waals surface area contributed by atoms with Crippen LogP contribution in [0.25, 0.3) is 0 Å². The Balaban J connectivity index is 2.08.